The second-order valence-corrected chi connectivity index (χ2v) is 8.25. The minimum Gasteiger partial charge on any atom is -0.379 e. The number of carbonyl (C=O) groups excluding carboxylic acids is 2. The summed E-state index contributed by atoms with van der Waals surface area (Å²) < 4.78 is 5.36. The van der Waals surface area contributed by atoms with Crippen LogP contribution < -0.4 is 10.6 Å². The first-order valence-electron chi connectivity index (χ1n) is 10.6. The molecule has 1 saturated heterocycles. The van der Waals surface area contributed by atoms with Crippen LogP contribution in [0.25, 0.3) is 5.57 Å². The molecule has 6 nitrogen and oxygen atoms in total. The number of nitrogens with one attached hydrogen (secondary N) is 2. The van der Waals surface area contributed by atoms with Crippen molar-refractivity contribution < 1.29 is 14.3 Å². The predicted octanol–water partition coefficient (Wildman–Crippen LogP) is 2.82. The van der Waals surface area contributed by atoms with Gasteiger partial charge in [-0.2, -0.15) is 0 Å². The van der Waals surface area contributed by atoms with Gasteiger partial charge in [0.05, 0.1) is 13.2 Å². The van der Waals surface area contributed by atoms with E-state index in [1.165, 1.54) is 0 Å². The van der Waals surface area contributed by atoms with Gasteiger partial charge in [0.15, 0.2) is 0 Å². The maximum Gasteiger partial charge on any atom is 0.256 e. The Morgan fingerprint density at radius 1 is 1.23 bits per heavy atom. The molecule has 0 radical (unpaired) electrons. The first-order valence-corrected chi connectivity index (χ1v) is 10.6. The van der Waals surface area contributed by atoms with E-state index in [-0.39, 0.29) is 11.8 Å². The molecule has 2 amide bonds. The molecule has 0 saturated carbocycles. The number of hydrogen-bond donors (Lipinski definition) is 2. The van der Waals surface area contributed by atoms with Gasteiger partial charge in [0, 0.05) is 48.6 Å². The lowest BCUT2D eigenvalue weighted by Gasteiger charge is -2.26. The summed E-state index contributed by atoms with van der Waals surface area (Å²) in [5, 5.41) is 6.00. The molecule has 4 rings (SSSR count). The SMILES string of the molecule is CC1=C(C(=O)NCCN2CCOCC2)C(C)=C(/C=C2\C(=O)Nc3ccc(C)cc32)C1. The molecule has 2 aliphatic heterocycles. The minimum atomic E-state index is -0.0861. The van der Waals surface area contributed by atoms with Gasteiger partial charge in [0.1, 0.15) is 0 Å². The van der Waals surface area contributed by atoms with Gasteiger partial charge in [-0.15, -0.1) is 0 Å². The standard InChI is InChI=1S/C24H29N3O3/c1-15-4-5-21-19(12-15)20(23(28)26-21)14-18-13-16(2)22(17(18)3)24(29)25-6-7-27-8-10-30-11-9-27/h4-5,12,14H,6-11,13H2,1-3H3,(H,25,29)(H,26,28)/b20-14-. The molecule has 2 N–H and O–H groups in total. The number of rotatable bonds is 5. The highest BCUT2D eigenvalue weighted by Crippen LogP contribution is 2.38. The van der Waals surface area contributed by atoms with Gasteiger partial charge in [-0.25, -0.2) is 0 Å². The third-order valence-electron chi connectivity index (χ3n) is 6.06. The van der Waals surface area contributed by atoms with Crippen molar-refractivity contribution in [1.82, 2.24) is 10.2 Å². The van der Waals surface area contributed by atoms with E-state index in [0.717, 1.165) is 72.0 Å². The van der Waals surface area contributed by atoms with Crippen LogP contribution in [-0.4, -0.2) is 56.1 Å². The molecular weight excluding hydrogens is 378 g/mol. The average molecular weight is 408 g/mol. The number of allylic oxidation sites excluding steroid dienone is 3. The van der Waals surface area contributed by atoms with Crippen molar-refractivity contribution in [3.63, 3.8) is 0 Å². The molecule has 1 aromatic rings. The van der Waals surface area contributed by atoms with Crippen molar-refractivity contribution in [3.05, 3.63) is 57.7 Å². The van der Waals surface area contributed by atoms with Crippen molar-refractivity contribution in [2.75, 3.05) is 44.7 Å². The Kier molecular flexibility index (Phi) is 5.88. The van der Waals surface area contributed by atoms with E-state index in [9.17, 15) is 9.59 Å². The molecule has 1 aromatic carbocycles. The lowest BCUT2D eigenvalue weighted by Crippen LogP contribution is -2.41. The van der Waals surface area contributed by atoms with E-state index < -0.39 is 0 Å². The molecule has 0 unspecified atom stereocenters. The summed E-state index contributed by atoms with van der Waals surface area (Å²) >= 11 is 0. The molecule has 6 heteroatoms. The summed E-state index contributed by atoms with van der Waals surface area (Å²) in [6, 6.07) is 5.97. The fourth-order valence-corrected chi connectivity index (χ4v) is 4.37. The van der Waals surface area contributed by atoms with Crippen LogP contribution in [0.2, 0.25) is 0 Å². The maximum atomic E-state index is 12.9. The fraction of sp³-hybridized carbons (Fsp3) is 0.417. The van der Waals surface area contributed by atoms with Crippen LogP contribution in [0.15, 0.2) is 46.6 Å². The second kappa shape index (κ2) is 8.58. The monoisotopic (exact) mass is 407 g/mol. The Morgan fingerprint density at radius 3 is 2.77 bits per heavy atom. The third kappa shape index (κ3) is 4.11. The van der Waals surface area contributed by atoms with Crippen molar-refractivity contribution >= 4 is 23.1 Å². The molecule has 1 aliphatic carbocycles. The van der Waals surface area contributed by atoms with Gasteiger partial charge in [0.2, 0.25) is 0 Å². The Balaban J connectivity index is 1.47. The zero-order valence-electron chi connectivity index (χ0n) is 17.9. The van der Waals surface area contributed by atoms with Gasteiger partial charge in [-0.1, -0.05) is 17.2 Å². The number of carbonyl (C=O) groups is 2. The third-order valence-corrected chi connectivity index (χ3v) is 6.06. The molecule has 3 aliphatic rings. The van der Waals surface area contributed by atoms with E-state index >= 15 is 0 Å². The Bertz CT molecular complexity index is 981. The van der Waals surface area contributed by atoms with Gasteiger partial charge < -0.3 is 15.4 Å². The zero-order valence-corrected chi connectivity index (χ0v) is 17.9. The van der Waals surface area contributed by atoms with E-state index in [2.05, 4.69) is 15.5 Å². The molecule has 30 heavy (non-hydrogen) atoms. The maximum absolute atomic E-state index is 12.9. The number of benzene rings is 1. The Hall–Kier alpha value is -2.70. The first kappa shape index (κ1) is 20.6. The van der Waals surface area contributed by atoms with Crippen LogP contribution in [0, 0.1) is 6.92 Å². The van der Waals surface area contributed by atoms with Crippen LogP contribution in [0.1, 0.15) is 31.4 Å². The molecule has 0 atom stereocenters. The Labute approximate surface area is 177 Å². The van der Waals surface area contributed by atoms with Gasteiger partial charge in [-0.05, 0) is 56.5 Å². The number of amides is 2. The lowest BCUT2D eigenvalue weighted by molar-refractivity contribution is -0.117. The number of ether oxygens (including phenoxy) is 1. The normalized spacial score (nSPS) is 20.8. The largest absolute Gasteiger partial charge is 0.379 e. The minimum absolute atomic E-state index is 0.0289. The zero-order chi connectivity index (χ0) is 21.3. The lowest BCUT2D eigenvalue weighted by atomic mass is 10.00. The number of morpholine rings is 1. The van der Waals surface area contributed by atoms with E-state index in [0.29, 0.717) is 18.5 Å². The van der Waals surface area contributed by atoms with Crippen LogP contribution in [0.5, 0.6) is 0 Å². The first-order chi connectivity index (χ1) is 14.4. The number of fused-ring (bicyclic) bond motifs is 1. The van der Waals surface area contributed by atoms with Crippen molar-refractivity contribution in [2.24, 2.45) is 0 Å². The molecular formula is C24H29N3O3. The van der Waals surface area contributed by atoms with Gasteiger partial charge in [-0.3, -0.25) is 14.5 Å². The topological polar surface area (TPSA) is 70.7 Å². The quantitative estimate of drug-likeness (QED) is 0.737. The summed E-state index contributed by atoms with van der Waals surface area (Å²) in [5.41, 5.74) is 7.36. The number of nitrogens with zero attached hydrogens (tertiary/aromatic N) is 1. The van der Waals surface area contributed by atoms with Crippen LogP contribution in [-0.2, 0) is 14.3 Å². The molecule has 2 heterocycles. The van der Waals surface area contributed by atoms with Crippen molar-refractivity contribution in [1.29, 1.82) is 0 Å². The molecule has 0 spiro atoms. The summed E-state index contributed by atoms with van der Waals surface area (Å²) in [5.74, 6) is -0.115. The fourth-order valence-electron chi connectivity index (χ4n) is 4.37. The number of hydrogen-bond acceptors (Lipinski definition) is 4. The second-order valence-electron chi connectivity index (χ2n) is 8.25. The summed E-state index contributed by atoms with van der Waals surface area (Å²) in [6.07, 6.45) is 2.64. The van der Waals surface area contributed by atoms with Gasteiger partial charge in [0.25, 0.3) is 11.8 Å². The van der Waals surface area contributed by atoms with Crippen molar-refractivity contribution in [2.45, 2.75) is 27.2 Å². The van der Waals surface area contributed by atoms with Crippen molar-refractivity contribution in [3.8, 4) is 0 Å². The van der Waals surface area contributed by atoms with E-state index in [4.69, 9.17) is 4.74 Å². The molecule has 1 fully saturated rings. The van der Waals surface area contributed by atoms with E-state index in [1.54, 1.807) is 0 Å². The summed E-state index contributed by atoms with van der Waals surface area (Å²) in [4.78, 5) is 27.7. The summed E-state index contributed by atoms with van der Waals surface area (Å²) in [7, 11) is 0. The smallest absolute Gasteiger partial charge is 0.256 e. The van der Waals surface area contributed by atoms with E-state index in [1.807, 2.05) is 45.0 Å². The highest BCUT2D eigenvalue weighted by Gasteiger charge is 2.28. The van der Waals surface area contributed by atoms with Crippen LogP contribution >= 0.6 is 0 Å². The highest BCUT2D eigenvalue weighted by molar-refractivity contribution is 6.32. The number of aryl methyl sites for hydroxylation is 1. The molecule has 0 bridgehead atoms. The van der Waals surface area contributed by atoms with Crippen LogP contribution in [0.4, 0.5) is 5.69 Å². The number of anilines is 1. The average Bonchev–Trinajstić information content (AvgIpc) is 3.18. The van der Waals surface area contributed by atoms with Gasteiger partial charge >= 0.3 is 0 Å². The van der Waals surface area contributed by atoms with Crippen LogP contribution in [0.3, 0.4) is 0 Å². The molecule has 158 valence electrons. The predicted molar refractivity (Wildman–Crippen MR) is 118 cm³/mol. The Morgan fingerprint density at radius 2 is 2.00 bits per heavy atom. The molecule has 0 aromatic heterocycles. The summed E-state index contributed by atoms with van der Waals surface area (Å²) in [6.45, 7) is 10.8. The highest BCUT2D eigenvalue weighted by atomic mass is 16.5.